The number of benzene rings is 1. The molecule has 0 amide bonds. The van der Waals surface area contributed by atoms with E-state index >= 15 is 0 Å². The Morgan fingerprint density at radius 3 is 2.79 bits per heavy atom. The van der Waals surface area contributed by atoms with Gasteiger partial charge in [0.15, 0.2) is 0 Å². The first-order valence-electron chi connectivity index (χ1n) is 5.24. The molecule has 2 heteroatoms. The Balaban J connectivity index is 2.21. The fraction of sp³-hybridized carbons (Fsp3) is 0.500. The van der Waals surface area contributed by atoms with Crippen LogP contribution in [-0.4, -0.2) is 7.05 Å². The van der Waals surface area contributed by atoms with Crippen LogP contribution in [0, 0.1) is 5.82 Å². The summed E-state index contributed by atoms with van der Waals surface area (Å²) >= 11 is 0. The van der Waals surface area contributed by atoms with Crippen molar-refractivity contribution >= 4 is 0 Å². The number of nitrogens with one attached hydrogen (secondary N) is 1. The molecule has 2 rings (SSSR count). The maximum Gasteiger partial charge on any atom is 0.127 e. The van der Waals surface area contributed by atoms with Gasteiger partial charge in [0, 0.05) is 12.1 Å². The lowest BCUT2D eigenvalue weighted by atomic mass is 9.79. The van der Waals surface area contributed by atoms with Gasteiger partial charge in [0.25, 0.3) is 0 Å². The highest BCUT2D eigenvalue weighted by molar-refractivity contribution is 5.28. The van der Waals surface area contributed by atoms with Gasteiger partial charge in [0.05, 0.1) is 0 Å². The molecular formula is C12H16FN. The van der Waals surface area contributed by atoms with Crippen molar-refractivity contribution in [2.45, 2.75) is 31.7 Å². The molecule has 1 saturated carbocycles. The van der Waals surface area contributed by atoms with E-state index in [2.05, 4.69) is 5.32 Å². The SMILES string of the molecule is CNCc1cc(C2CCC2)ccc1F. The van der Waals surface area contributed by atoms with Crippen molar-refractivity contribution in [2.24, 2.45) is 0 Å². The molecule has 1 aromatic rings. The molecule has 0 radical (unpaired) electrons. The van der Waals surface area contributed by atoms with Gasteiger partial charge in [-0.25, -0.2) is 4.39 Å². The van der Waals surface area contributed by atoms with Crippen LogP contribution in [0.5, 0.6) is 0 Å². The minimum Gasteiger partial charge on any atom is -0.316 e. The fourth-order valence-electron chi connectivity index (χ4n) is 1.92. The maximum atomic E-state index is 13.3. The van der Waals surface area contributed by atoms with Gasteiger partial charge in [-0.05, 0) is 37.4 Å². The monoisotopic (exact) mass is 193 g/mol. The van der Waals surface area contributed by atoms with Crippen molar-refractivity contribution in [3.63, 3.8) is 0 Å². The first-order chi connectivity index (χ1) is 6.81. The van der Waals surface area contributed by atoms with Gasteiger partial charge in [0.2, 0.25) is 0 Å². The fourth-order valence-corrected chi connectivity index (χ4v) is 1.92. The lowest BCUT2D eigenvalue weighted by molar-refractivity contribution is 0.418. The minimum absolute atomic E-state index is 0.0950. The molecule has 0 aromatic heterocycles. The van der Waals surface area contributed by atoms with Crippen molar-refractivity contribution in [2.75, 3.05) is 7.05 Å². The summed E-state index contributed by atoms with van der Waals surface area (Å²) in [6.07, 6.45) is 3.86. The van der Waals surface area contributed by atoms with Crippen molar-refractivity contribution in [1.82, 2.24) is 5.32 Å². The molecule has 76 valence electrons. The lowest BCUT2D eigenvalue weighted by Gasteiger charge is -2.26. The minimum atomic E-state index is -0.0950. The molecule has 1 aliphatic carbocycles. The molecule has 0 saturated heterocycles. The Labute approximate surface area is 84.3 Å². The van der Waals surface area contributed by atoms with Crippen LogP contribution < -0.4 is 5.32 Å². The Bertz CT molecular complexity index is 318. The molecule has 1 nitrogen and oxygen atoms in total. The smallest absolute Gasteiger partial charge is 0.127 e. The Kier molecular flexibility index (Phi) is 2.82. The Morgan fingerprint density at radius 2 is 2.21 bits per heavy atom. The Hall–Kier alpha value is -0.890. The molecule has 1 aromatic carbocycles. The van der Waals surface area contributed by atoms with Crippen molar-refractivity contribution < 1.29 is 4.39 Å². The normalized spacial score (nSPS) is 16.7. The molecule has 1 aliphatic rings. The van der Waals surface area contributed by atoms with Crippen molar-refractivity contribution in [3.8, 4) is 0 Å². The van der Waals surface area contributed by atoms with E-state index in [1.54, 1.807) is 6.07 Å². The van der Waals surface area contributed by atoms with E-state index in [4.69, 9.17) is 0 Å². The van der Waals surface area contributed by atoms with Crippen LogP contribution in [0.3, 0.4) is 0 Å². The standard InChI is InChI=1S/C12H16FN/c1-14-8-11-7-10(5-6-12(11)13)9-3-2-4-9/h5-7,9,14H,2-4,8H2,1H3. The third kappa shape index (κ3) is 1.80. The van der Waals surface area contributed by atoms with E-state index in [0.29, 0.717) is 12.5 Å². The van der Waals surface area contributed by atoms with Gasteiger partial charge in [0.1, 0.15) is 5.82 Å². The summed E-state index contributed by atoms with van der Waals surface area (Å²) in [6, 6.07) is 5.54. The summed E-state index contributed by atoms with van der Waals surface area (Å²) in [4.78, 5) is 0. The summed E-state index contributed by atoms with van der Waals surface area (Å²) in [5.41, 5.74) is 2.10. The second-order valence-electron chi connectivity index (χ2n) is 4.01. The average Bonchev–Trinajstić information content (AvgIpc) is 2.08. The lowest BCUT2D eigenvalue weighted by Crippen LogP contribution is -2.11. The van der Waals surface area contributed by atoms with Gasteiger partial charge < -0.3 is 5.32 Å². The summed E-state index contributed by atoms with van der Waals surface area (Å²) in [5, 5.41) is 2.99. The highest BCUT2D eigenvalue weighted by atomic mass is 19.1. The molecule has 0 atom stereocenters. The third-order valence-electron chi connectivity index (χ3n) is 3.01. The molecule has 14 heavy (non-hydrogen) atoms. The first kappa shape index (κ1) is 9.66. The highest BCUT2D eigenvalue weighted by Crippen LogP contribution is 2.36. The summed E-state index contributed by atoms with van der Waals surface area (Å²) in [6.45, 7) is 0.617. The van der Waals surface area contributed by atoms with Crippen LogP contribution in [0.4, 0.5) is 4.39 Å². The van der Waals surface area contributed by atoms with Crippen LogP contribution in [0.25, 0.3) is 0 Å². The molecule has 1 N–H and O–H groups in total. The van der Waals surface area contributed by atoms with E-state index in [1.165, 1.54) is 24.8 Å². The van der Waals surface area contributed by atoms with Crippen LogP contribution in [0.2, 0.25) is 0 Å². The molecule has 0 heterocycles. The summed E-state index contributed by atoms with van der Waals surface area (Å²) in [7, 11) is 1.84. The molecule has 0 bridgehead atoms. The number of hydrogen-bond acceptors (Lipinski definition) is 1. The first-order valence-corrected chi connectivity index (χ1v) is 5.24. The number of hydrogen-bond donors (Lipinski definition) is 1. The quantitative estimate of drug-likeness (QED) is 0.778. The predicted octanol–water partition coefficient (Wildman–Crippen LogP) is 2.81. The van der Waals surface area contributed by atoms with Gasteiger partial charge in [-0.3, -0.25) is 0 Å². The van der Waals surface area contributed by atoms with Gasteiger partial charge >= 0.3 is 0 Å². The zero-order valence-corrected chi connectivity index (χ0v) is 8.52. The van der Waals surface area contributed by atoms with Crippen molar-refractivity contribution in [3.05, 3.63) is 35.1 Å². The zero-order chi connectivity index (χ0) is 9.97. The maximum absolute atomic E-state index is 13.3. The molecule has 0 aliphatic heterocycles. The summed E-state index contributed by atoms with van der Waals surface area (Å²) in [5.74, 6) is 0.591. The largest absolute Gasteiger partial charge is 0.316 e. The molecular weight excluding hydrogens is 177 g/mol. The van der Waals surface area contributed by atoms with Crippen LogP contribution in [-0.2, 0) is 6.54 Å². The van der Waals surface area contributed by atoms with Gasteiger partial charge in [-0.2, -0.15) is 0 Å². The van der Waals surface area contributed by atoms with Crippen LogP contribution in [0.1, 0.15) is 36.3 Å². The van der Waals surface area contributed by atoms with Gasteiger partial charge in [-0.15, -0.1) is 0 Å². The van der Waals surface area contributed by atoms with Crippen LogP contribution in [0.15, 0.2) is 18.2 Å². The molecule has 0 spiro atoms. The predicted molar refractivity (Wildman–Crippen MR) is 55.8 cm³/mol. The van der Waals surface area contributed by atoms with Crippen molar-refractivity contribution in [1.29, 1.82) is 0 Å². The summed E-state index contributed by atoms with van der Waals surface area (Å²) < 4.78 is 13.3. The second-order valence-corrected chi connectivity index (χ2v) is 4.01. The number of halogens is 1. The number of rotatable bonds is 3. The van der Waals surface area contributed by atoms with E-state index in [-0.39, 0.29) is 5.82 Å². The average molecular weight is 193 g/mol. The van der Waals surface area contributed by atoms with E-state index in [9.17, 15) is 4.39 Å². The van der Waals surface area contributed by atoms with Crippen LogP contribution >= 0.6 is 0 Å². The zero-order valence-electron chi connectivity index (χ0n) is 8.52. The van der Waals surface area contributed by atoms with E-state index < -0.39 is 0 Å². The van der Waals surface area contributed by atoms with E-state index in [1.807, 2.05) is 19.2 Å². The third-order valence-corrected chi connectivity index (χ3v) is 3.01. The Morgan fingerprint density at radius 1 is 1.43 bits per heavy atom. The van der Waals surface area contributed by atoms with E-state index in [0.717, 1.165) is 5.56 Å². The molecule has 1 fully saturated rings. The second kappa shape index (κ2) is 4.09. The molecule has 0 unspecified atom stereocenters. The van der Waals surface area contributed by atoms with Gasteiger partial charge in [-0.1, -0.05) is 18.6 Å². The topological polar surface area (TPSA) is 12.0 Å². The highest BCUT2D eigenvalue weighted by Gasteiger charge is 2.20.